The second kappa shape index (κ2) is 6.87. The van der Waals surface area contributed by atoms with Crippen LogP contribution in [-0.4, -0.2) is 0 Å². The molecule has 0 fully saturated rings. The smallest absolute Gasteiger partial charge is 0.0410 e. The van der Waals surface area contributed by atoms with Gasteiger partial charge in [0.15, 0.2) is 0 Å². The van der Waals surface area contributed by atoms with Gasteiger partial charge in [-0.3, -0.25) is 0 Å². The van der Waals surface area contributed by atoms with E-state index in [2.05, 4.69) is 97.5 Å². The van der Waals surface area contributed by atoms with E-state index in [1.165, 1.54) is 15.7 Å². The number of fused-ring (bicyclic) bond motifs is 1. The lowest BCUT2D eigenvalue weighted by atomic mass is 10.1. The van der Waals surface area contributed by atoms with Crippen molar-refractivity contribution in [2.24, 2.45) is 0 Å². The maximum Gasteiger partial charge on any atom is 0.0410 e. The Kier molecular flexibility index (Phi) is 4.89. The maximum absolute atomic E-state index is 3.67. The molecule has 0 aliphatic rings. The van der Waals surface area contributed by atoms with Gasteiger partial charge in [-0.1, -0.05) is 51.1 Å². The molecule has 3 heteroatoms. The van der Waals surface area contributed by atoms with Gasteiger partial charge in [-0.2, -0.15) is 0 Å². The average Bonchev–Trinajstić information content (AvgIpc) is 2.55. The summed E-state index contributed by atoms with van der Waals surface area (Å²) in [6, 6.07) is 20.8. The minimum atomic E-state index is 1.01. The average molecular weight is 465 g/mol. The van der Waals surface area contributed by atoms with Gasteiger partial charge in [0, 0.05) is 41.7 Å². The van der Waals surface area contributed by atoms with Crippen LogP contribution in [0.25, 0.3) is 10.8 Å². The highest BCUT2D eigenvalue weighted by atomic mass is 127. The zero-order chi connectivity index (χ0) is 14.7. The zero-order valence-electron chi connectivity index (χ0n) is 10.9. The van der Waals surface area contributed by atoms with Crippen molar-refractivity contribution in [1.82, 2.24) is 0 Å². The minimum absolute atomic E-state index is 1.01. The number of benzene rings is 3. The van der Waals surface area contributed by atoms with Crippen LogP contribution < -0.4 is 0 Å². The first-order chi connectivity index (χ1) is 10.3. The Hall–Kier alpha value is -0.960. The molecule has 3 rings (SSSR count). The molecule has 0 saturated heterocycles. The second-order valence-corrected chi connectivity index (χ2v) is 7.24. The monoisotopic (exact) mass is 464 g/mol. The Morgan fingerprint density at radius 3 is 2.38 bits per heavy atom. The fraction of sp³-hybridized carbons (Fsp3) is 0. The highest BCUT2D eigenvalue weighted by molar-refractivity contribution is 14.2. The van der Waals surface area contributed by atoms with Gasteiger partial charge >= 0.3 is 0 Å². The summed E-state index contributed by atoms with van der Waals surface area (Å²) in [5.41, 5.74) is 2.05. The normalized spacial score (nSPS) is 10.2. The molecule has 0 atom stereocenters. The lowest BCUT2D eigenvalue weighted by Gasteiger charge is -2.02. The van der Waals surface area contributed by atoms with E-state index in [1.807, 2.05) is 12.1 Å². The molecule has 102 valence electrons. The molecule has 3 aromatic carbocycles. The summed E-state index contributed by atoms with van der Waals surface area (Å²) < 4.78 is 1.06. The summed E-state index contributed by atoms with van der Waals surface area (Å²) in [6.07, 6.45) is 0. The summed E-state index contributed by atoms with van der Waals surface area (Å²) in [5.74, 6) is 6.48. The van der Waals surface area contributed by atoms with E-state index < -0.39 is 0 Å². The van der Waals surface area contributed by atoms with Gasteiger partial charge in [0.1, 0.15) is 0 Å². The number of hydrogen-bond acceptors (Lipinski definition) is 1. The molecular weight excluding hydrogens is 455 g/mol. The van der Waals surface area contributed by atoms with Gasteiger partial charge in [0.25, 0.3) is 0 Å². The SMILES string of the molecule is Brc1c(C#Cc2ccc(SI)cc2)ccc2ccccc12. The molecule has 0 radical (unpaired) electrons. The van der Waals surface area contributed by atoms with Crippen molar-refractivity contribution in [2.45, 2.75) is 4.90 Å². The van der Waals surface area contributed by atoms with Crippen LogP contribution in [0.1, 0.15) is 11.1 Å². The largest absolute Gasteiger partial charge is 0.0616 e. The Labute approximate surface area is 149 Å². The topological polar surface area (TPSA) is 0 Å². The summed E-state index contributed by atoms with van der Waals surface area (Å²) in [7, 11) is 1.71. The van der Waals surface area contributed by atoms with Crippen LogP contribution in [0.15, 0.2) is 70.0 Å². The molecule has 0 aliphatic heterocycles. The lowest BCUT2D eigenvalue weighted by molar-refractivity contribution is 1.46. The predicted molar refractivity (Wildman–Crippen MR) is 104 cm³/mol. The highest BCUT2D eigenvalue weighted by Gasteiger charge is 2.02. The van der Waals surface area contributed by atoms with Crippen LogP contribution in [0.2, 0.25) is 0 Å². The van der Waals surface area contributed by atoms with Crippen molar-refractivity contribution in [1.29, 1.82) is 0 Å². The number of halogens is 2. The summed E-state index contributed by atoms with van der Waals surface area (Å²) in [5, 5.41) is 2.42. The van der Waals surface area contributed by atoms with E-state index in [1.54, 1.807) is 8.93 Å². The van der Waals surface area contributed by atoms with E-state index in [-0.39, 0.29) is 0 Å². The van der Waals surface area contributed by atoms with Crippen molar-refractivity contribution in [3.05, 3.63) is 76.3 Å². The van der Waals surface area contributed by atoms with E-state index in [4.69, 9.17) is 0 Å². The Morgan fingerprint density at radius 2 is 1.62 bits per heavy atom. The molecule has 0 spiro atoms. The van der Waals surface area contributed by atoms with Gasteiger partial charge < -0.3 is 0 Å². The molecular formula is C18H10BrIS. The van der Waals surface area contributed by atoms with E-state index in [0.717, 1.165) is 15.6 Å². The second-order valence-electron chi connectivity index (χ2n) is 4.50. The number of rotatable bonds is 1. The van der Waals surface area contributed by atoms with E-state index in [0.29, 0.717) is 0 Å². The van der Waals surface area contributed by atoms with Gasteiger partial charge in [0.05, 0.1) is 0 Å². The molecule has 0 nitrogen and oxygen atoms in total. The maximum atomic E-state index is 3.67. The predicted octanol–water partition coefficient (Wildman–Crippen LogP) is 6.44. The van der Waals surface area contributed by atoms with Gasteiger partial charge in [-0.15, -0.1) is 0 Å². The molecule has 0 amide bonds. The minimum Gasteiger partial charge on any atom is -0.0616 e. The molecule has 3 aromatic rings. The Morgan fingerprint density at radius 1 is 0.857 bits per heavy atom. The van der Waals surface area contributed by atoms with Crippen LogP contribution in [0.3, 0.4) is 0 Å². The highest BCUT2D eigenvalue weighted by Crippen LogP contribution is 2.27. The third-order valence-corrected chi connectivity index (χ3v) is 5.98. The van der Waals surface area contributed by atoms with Gasteiger partial charge in [-0.05, 0) is 57.0 Å². The first-order valence-corrected chi connectivity index (χ1v) is 10.5. The van der Waals surface area contributed by atoms with E-state index in [9.17, 15) is 0 Å². The van der Waals surface area contributed by atoms with Crippen molar-refractivity contribution in [3.8, 4) is 11.8 Å². The molecule has 0 N–H and O–H groups in total. The lowest BCUT2D eigenvalue weighted by Crippen LogP contribution is -1.81. The Balaban J connectivity index is 1.98. The molecule has 0 heterocycles. The van der Waals surface area contributed by atoms with Crippen LogP contribution in [0.5, 0.6) is 0 Å². The van der Waals surface area contributed by atoms with Crippen molar-refractivity contribution >= 4 is 56.8 Å². The molecule has 0 bridgehead atoms. The summed E-state index contributed by atoms with van der Waals surface area (Å²) >= 11 is 5.95. The quantitative estimate of drug-likeness (QED) is 0.294. The summed E-state index contributed by atoms with van der Waals surface area (Å²) in [6.45, 7) is 0. The Bertz CT molecular complexity index is 844. The van der Waals surface area contributed by atoms with Crippen LogP contribution in [-0.2, 0) is 0 Å². The first kappa shape index (κ1) is 15.0. The fourth-order valence-electron chi connectivity index (χ4n) is 2.06. The molecule has 0 aliphatic carbocycles. The van der Waals surface area contributed by atoms with Gasteiger partial charge in [0.2, 0.25) is 0 Å². The van der Waals surface area contributed by atoms with Crippen molar-refractivity contribution in [3.63, 3.8) is 0 Å². The fourth-order valence-corrected chi connectivity index (χ4v) is 3.77. The third kappa shape index (κ3) is 3.45. The van der Waals surface area contributed by atoms with Crippen LogP contribution in [0.4, 0.5) is 0 Å². The summed E-state index contributed by atoms with van der Waals surface area (Å²) in [4.78, 5) is 1.24. The first-order valence-electron chi connectivity index (χ1n) is 6.36. The number of hydrogen-bond donors (Lipinski definition) is 0. The molecule has 0 aromatic heterocycles. The third-order valence-electron chi connectivity index (χ3n) is 3.15. The van der Waals surface area contributed by atoms with Crippen LogP contribution >= 0.6 is 46.1 Å². The molecule has 21 heavy (non-hydrogen) atoms. The molecule has 0 unspecified atom stereocenters. The molecule has 0 saturated carbocycles. The van der Waals surface area contributed by atoms with Gasteiger partial charge in [-0.25, -0.2) is 0 Å². The van der Waals surface area contributed by atoms with Crippen molar-refractivity contribution < 1.29 is 0 Å². The van der Waals surface area contributed by atoms with Crippen molar-refractivity contribution in [2.75, 3.05) is 0 Å². The van der Waals surface area contributed by atoms with E-state index >= 15 is 0 Å². The van der Waals surface area contributed by atoms with Crippen LogP contribution in [0, 0.1) is 11.8 Å². The zero-order valence-corrected chi connectivity index (χ0v) is 15.5. The standard InChI is InChI=1S/C18H10BrIS/c19-18-15(10-9-14-3-1-2-4-17(14)18)8-5-13-6-11-16(21-20)12-7-13/h1-4,6-7,9-12H.